The first kappa shape index (κ1) is 12.4. The summed E-state index contributed by atoms with van der Waals surface area (Å²) < 4.78 is 31.7. The summed E-state index contributed by atoms with van der Waals surface area (Å²) in [6.45, 7) is 2.38. The minimum absolute atomic E-state index is 0.0409. The lowest BCUT2D eigenvalue weighted by molar-refractivity contribution is 0.209. The van der Waals surface area contributed by atoms with Gasteiger partial charge in [-0.3, -0.25) is 0 Å². The summed E-state index contributed by atoms with van der Waals surface area (Å²) in [6.07, 6.45) is -0.189. The molecular weight excluding hydrogens is 268 g/mol. The van der Waals surface area contributed by atoms with E-state index in [1.54, 1.807) is 14.0 Å². The van der Waals surface area contributed by atoms with E-state index in [0.29, 0.717) is 6.54 Å². The van der Waals surface area contributed by atoms with Crippen LogP contribution >= 0.6 is 15.9 Å². The molecule has 84 valence electrons. The Labute approximate surface area is 95.8 Å². The van der Waals surface area contributed by atoms with Crippen molar-refractivity contribution in [2.24, 2.45) is 0 Å². The molecule has 1 N–H and O–H groups in total. The third-order valence-electron chi connectivity index (χ3n) is 1.77. The number of nitrogens with one attached hydrogen (secondary N) is 1. The molecule has 15 heavy (non-hydrogen) atoms. The van der Waals surface area contributed by atoms with Gasteiger partial charge >= 0.3 is 0 Å². The Hall–Kier alpha value is -0.680. The second-order valence-corrected chi connectivity index (χ2v) is 4.04. The van der Waals surface area contributed by atoms with Gasteiger partial charge in [-0.1, -0.05) is 0 Å². The van der Waals surface area contributed by atoms with E-state index in [2.05, 4.69) is 21.2 Å². The summed E-state index contributed by atoms with van der Waals surface area (Å²) >= 11 is 3.05. The molecule has 0 heterocycles. The molecule has 1 aromatic rings. The monoisotopic (exact) mass is 279 g/mol. The van der Waals surface area contributed by atoms with Gasteiger partial charge in [0.2, 0.25) is 0 Å². The fourth-order valence-electron chi connectivity index (χ4n) is 1.17. The third kappa shape index (κ3) is 3.43. The Morgan fingerprint density at radius 3 is 2.67 bits per heavy atom. The summed E-state index contributed by atoms with van der Waals surface area (Å²) in [5, 5.41) is 2.90. The number of halogens is 3. The molecule has 0 bridgehead atoms. The maximum absolute atomic E-state index is 13.3. The molecule has 0 aliphatic carbocycles. The molecule has 0 aromatic heterocycles. The Bertz CT molecular complexity index is 323. The molecule has 2 nitrogen and oxygen atoms in total. The summed E-state index contributed by atoms with van der Waals surface area (Å²) in [5.74, 6) is -1.29. The van der Waals surface area contributed by atoms with Crippen molar-refractivity contribution < 1.29 is 13.5 Å². The van der Waals surface area contributed by atoms with Crippen LogP contribution in [0.15, 0.2) is 16.6 Å². The largest absolute Gasteiger partial charge is 0.485 e. The molecule has 1 rings (SSSR count). The van der Waals surface area contributed by atoms with Crippen molar-refractivity contribution in [3.05, 3.63) is 28.2 Å². The van der Waals surface area contributed by atoms with E-state index < -0.39 is 11.6 Å². The Morgan fingerprint density at radius 2 is 2.13 bits per heavy atom. The maximum Gasteiger partial charge on any atom is 0.169 e. The first-order valence-electron chi connectivity index (χ1n) is 4.50. The van der Waals surface area contributed by atoms with Crippen LogP contribution in [0, 0.1) is 11.6 Å². The van der Waals surface area contributed by atoms with Gasteiger partial charge in [-0.05, 0) is 36.0 Å². The van der Waals surface area contributed by atoms with Gasteiger partial charge in [-0.15, -0.1) is 0 Å². The minimum Gasteiger partial charge on any atom is -0.485 e. The zero-order valence-electron chi connectivity index (χ0n) is 8.48. The highest BCUT2D eigenvalue weighted by Crippen LogP contribution is 2.29. The van der Waals surface area contributed by atoms with Crippen molar-refractivity contribution in [1.29, 1.82) is 0 Å². The predicted octanol–water partition coefficient (Wildman–Crippen LogP) is 2.71. The van der Waals surface area contributed by atoms with E-state index in [9.17, 15) is 8.78 Å². The normalized spacial score (nSPS) is 12.6. The smallest absolute Gasteiger partial charge is 0.169 e. The molecule has 0 saturated heterocycles. The van der Waals surface area contributed by atoms with E-state index in [0.717, 1.165) is 6.07 Å². The number of rotatable bonds is 4. The quantitative estimate of drug-likeness (QED) is 0.915. The highest BCUT2D eigenvalue weighted by Gasteiger charge is 2.13. The van der Waals surface area contributed by atoms with Crippen molar-refractivity contribution >= 4 is 15.9 Å². The number of hydrogen-bond donors (Lipinski definition) is 1. The second-order valence-electron chi connectivity index (χ2n) is 3.18. The Kier molecular flexibility index (Phi) is 4.47. The van der Waals surface area contributed by atoms with Crippen LogP contribution in [0.25, 0.3) is 0 Å². The fourth-order valence-corrected chi connectivity index (χ4v) is 1.67. The lowest BCUT2D eigenvalue weighted by Gasteiger charge is -2.15. The Balaban J connectivity index is 2.85. The molecule has 0 saturated carbocycles. The summed E-state index contributed by atoms with van der Waals surface area (Å²) in [6, 6.07) is 1.97. The number of hydrogen-bond acceptors (Lipinski definition) is 2. The fraction of sp³-hybridized carbons (Fsp3) is 0.400. The molecule has 0 radical (unpaired) electrons. The maximum atomic E-state index is 13.3. The van der Waals surface area contributed by atoms with Crippen LogP contribution in [0.5, 0.6) is 5.75 Å². The number of likely N-dealkylation sites (N-methyl/N-ethyl adjacent to an activating group) is 1. The van der Waals surface area contributed by atoms with Gasteiger partial charge in [0.1, 0.15) is 11.9 Å². The van der Waals surface area contributed by atoms with Crippen LogP contribution in [0.1, 0.15) is 6.92 Å². The predicted molar refractivity (Wildman–Crippen MR) is 58.1 cm³/mol. The molecule has 0 spiro atoms. The lowest BCUT2D eigenvalue weighted by Crippen LogP contribution is -2.26. The van der Waals surface area contributed by atoms with E-state index in [1.807, 2.05) is 0 Å². The summed E-state index contributed by atoms with van der Waals surface area (Å²) in [7, 11) is 1.77. The highest BCUT2D eigenvalue weighted by atomic mass is 79.9. The zero-order valence-corrected chi connectivity index (χ0v) is 10.1. The lowest BCUT2D eigenvalue weighted by atomic mass is 10.3. The van der Waals surface area contributed by atoms with Gasteiger partial charge in [0.05, 0.1) is 4.47 Å². The second kappa shape index (κ2) is 5.42. The van der Waals surface area contributed by atoms with Crippen LogP contribution in [-0.4, -0.2) is 19.7 Å². The molecule has 1 aromatic carbocycles. The van der Waals surface area contributed by atoms with Gasteiger partial charge in [0.15, 0.2) is 11.6 Å². The van der Waals surface area contributed by atoms with Gasteiger partial charge in [-0.2, -0.15) is 0 Å². The van der Waals surface area contributed by atoms with E-state index in [-0.39, 0.29) is 16.3 Å². The molecule has 1 unspecified atom stereocenters. The van der Waals surface area contributed by atoms with Crippen LogP contribution in [0.3, 0.4) is 0 Å². The van der Waals surface area contributed by atoms with Crippen molar-refractivity contribution in [2.45, 2.75) is 13.0 Å². The minimum atomic E-state index is -0.704. The summed E-state index contributed by atoms with van der Waals surface area (Å²) in [5.41, 5.74) is 0. The first-order chi connectivity index (χ1) is 7.04. The van der Waals surface area contributed by atoms with Crippen LogP contribution < -0.4 is 10.1 Å². The van der Waals surface area contributed by atoms with E-state index >= 15 is 0 Å². The van der Waals surface area contributed by atoms with Gasteiger partial charge in [0.25, 0.3) is 0 Å². The van der Waals surface area contributed by atoms with Crippen LogP contribution in [0.4, 0.5) is 8.78 Å². The summed E-state index contributed by atoms with van der Waals surface area (Å²) in [4.78, 5) is 0. The zero-order chi connectivity index (χ0) is 11.4. The van der Waals surface area contributed by atoms with Gasteiger partial charge < -0.3 is 10.1 Å². The van der Waals surface area contributed by atoms with Gasteiger partial charge in [0, 0.05) is 12.6 Å². The van der Waals surface area contributed by atoms with E-state index in [4.69, 9.17) is 4.74 Å². The third-order valence-corrected chi connectivity index (χ3v) is 2.36. The van der Waals surface area contributed by atoms with Crippen molar-refractivity contribution in [2.75, 3.05) is 13.6 Å². The van der Waals surface area contributed by atoms with Crippen molar-refractivity contribution in [1.82, 2.24) is 5.32 Å². The van der Waals surface area contributed by atoms with Gasteiger partial charge in [-0.25, -0.2) is 8.78 Å². The van der Waals surface area contributed by atoms with Crippen LogP contribution in [0.2, 0.25) is 0 Å². The van der Waals surface area contributed by atoms with Crippen molar-refractivity contribution in [3.63, 3.8) is 0 Å². The number of ether oxygens (including phenoxy) is 1. The average Bonchev–Trinajstić information content (AvgIpc) is 2.11. The van der Waals surface area contributed by atoms with Crippen LogP contribution in [-0.2, 0) is 0 Å². The van der Waals surface area contributed by atoms with E-state index in [1.165, 1.54) is 6.07 Å². The molecular formula is C10H12BrF2NO. The average molecular weight is 280 g/mol. The molecule has 0 aliphatic rings. The standard InChI is InChI=1S/C10H12BrF2NO/c1-6(5-14-2)15-10-8(11)3-7(12)4-9(10)13/h3-4,6,14H,5H2,1-2H3. The molecule has 5 heteroatoms. The number of benzene rings is 1. The highest BCUT2D eigenvalue weighted by molar-refractivity contribution is 9.10. The molecule has 0 aliphatic heterocycles. The molecule has 0 fully saturated rings. The molecule has 1 atom stereocenters. The Morgan fingerprint density at radius 1 is 1.47 bits per heavy atom. The topological polar surface area (TPSA) is 21.3 Å². The SMILES string of the molecule is CNCC(C)Oc1c(F)cc(F)cc1Br. The first-order valence-corrected chi connectivity index (χ1v) is 5.29. The molecule has 0 amide bonds. The van der Waals surface area contributed by atoms with Crippen molar-refractivity contribution in [3.8, 4) is 5.75 Å².